The highest BCUT2D eigenvalue weighted by Gasteiger charge is 2.15. The van der Waals surface area contributed by atoms with Gasteiger partial charge in [0.05, 0.1) is 6.04 Å². The number of thiazole rings is 1. The third-order valence-corrected chi connectivity index (χ3v) is 4.55. The molecular formula is C18H18N2S. The fourth-order valence-corrected chi connectivity index (χ4v) is 3.37. The lowest BCUT2D eigenvalue weighted by Gasteiger charge is -2.14. The van der Waals surface area contributed by atoms with Gasteiger partial charge in [-0.3, -0.25) is 0 Å². The Morgan fingerprint density at radius 2 is 1.62 bits per heavy atom. The molecule has 1 heterocycles. The first kappa shape index (κ1) is 14.0. The second-order valence-corrected chi connectivity index (χ2v) is 5.93. The fourth-order valence-electron chi connectivity index (χ4n) is 2.44. The largest absolute Gasteiger partial charge is 0.307 e. The van der Waals surface area contributed by atoms with Gasteiger partial charge < -0.3 is 5.32 Å². The van der Waals surface area contributed by atoms with Crippen LogP contribution in [0.2, 0.25) is 0 Å². The number of aromatic nitrogens is 1. The molecule has 0 saturated carbocycles. The molecule has 1 atom stereocenters. The Morgan fingerprint density at radius 3 is 2.19 bits per heavy atom. The minimum absolute atomic E-state index is 0.161. The number of nitrogens with one attached hydrogen (secondary N) is 1. The first-order chi connectivity index (χ1) is 10.3. The summed E-state index contributed by atoms with van der Waals surface area (Å²) in [6, 6.07) is 19.3. The molecule has 0 aliphatic heterocycles. The maximum absolute atomic E-state index is 4.59. The van der Waals surface area contributed by atoms with Crippen LogP contribution in [0.3, 0.4) is 0 Å². The molecule has 0 saturated heterocycles. The number of nitrogens with zero attached hydrogens (tertiary/aromatic N) is 1. The summed E-state index contributed by atoms with van der Waals surface area (Å²) in [5, 5.41) is 6.56. The predicted octanol–water partition coefficient (Wildman–Crippen LogP) is 4.43. The van der Waals surface area contributed by atoms with Crippen LogP contribution in [0.15, 0.2) is 60.0 Å². The second-order valence-electron chi connectivity index (χ2n) is 5.04. The molecule has 2 nitrogen and oxygen atoms in total. The molecule has 1 aromatic heterocycles. The van der Waals surface area contributed by atoms with E-state index in [1.54, 1.807) is 11.3 Å². The van der Waals surface area contributed by atoms with Crippen LogP contribution in [-0.2, 0) is 0 Å². The van der Waals surface area contributed by atoms with Gasteiger partial charge in [-0.15, -0.1) is 11.3 Å². The number of aryl methyl sites for hydroxylation is 1. The Kier molecular flexibility index (Phi) is 4.13. The molecule has 106 valence electrons. The smallest absolute Gasteiger partial charge is 0.114 e. The molecule has 0 fully saturated rings. The molecule has 2 aromatic carbocycles. The van der Waals surface area contributed by atoms with Crippen LogP contribution in [0, 0.1) is 6.92 Å². The van der Waals surface area contributed by atoms with Gasteiger partial charge in [0.1, 0.15) is 5.01 Å². The van der Waals surface area contributed by atoms with Crippen LogP contribution in [0.1, 0.15) is 22.3 Å². The molecule has 0 aliphatic carbocycles. The first-order valence-electron chi connectivity index (χ1n) is 7.02. The maximum atomic E-state index is 4.59. The zero-order valence-electron chi connectivity index (χ0n) is 12.2. The van der Waals surface area contributed by atoms with E-state index in [1.807, 2.05) is 20.0 Å². The van der Waals surface area contributed by atoms with Crippen LogP contribution in [0.25, 0.3) is 11.1 Å². The molecular weight excluding hydrogens is 276 g/mol. The fraction of sp³-hybridized carbons (Fsp3) is 0.167. The van der Waals surface area contributed by atoms with Gasteiger partial charge in [-0.2, -0.15) is 0 Å². The van der Waals surface area contributed by atoms with E-state index in [-0.39, 0.29) is 6.04 Å². The number of hydrogen-bond donors (Lipinski definition) is 1. The third-order valence-electron chi connectivity index (χ3n) is 3.52. The van der Waals surface area contributed by atoms with Crippen LogP contribution >= 0.6 is 11.3 Å². The van der Waals surface area contributed by atoms with E-state index in [0.29, 0.717) is 0 Å². The normalized spacial score (nSPS) is 12.3. The Hall–Kier alpha value is -1.97. The van der Waals surface area contributed by atoms with Crippen molar-refractivity contribution in [3.63, 3.8) is 0 Å². The maximum Gasteiger partial charge on any atom is 0.114 e. The molecule has 21 heavy (non-hydrogen) atoms. The van der Waals surface area contributed by atoms with Crippen LogP contribution in [-0.4, -0.2) is 12.0 Å². The average molecular weight is 294 g/mol. The van der Waals surface area contributed by atoms with Gasteiger partial charge in [-0.25, -0.2) is 4.98 Å². The number of benzene rings is 2. The van der Waals surface area contributed by atoms with Crippen LogP contribution in [0.5, 0.6) is 0 Å². The summed E-state index contributed by atoms with van der Waals surface area (Å²) in [6.45, 7) is 2.03. The molecule has 1 N–H and O–H groups in total. The van der Waals surface area contributed by atoms with Crippen molar-refractivity contribution in [1.29, 1.82) is 0 Å². The van der Waals surface area contributed by atoms with Gasteiger partial charge in [0.25, 0.3) is 0 Å². The minimum atomic E-state index is 0.161. The van der Waals surface area contributed by atoms with Crippen molar-refractivity contribution in [2.45, 2.75) is 13.0 Å². The summed E-state index contributed by atoms with van der Waals surface area (Å²) in [7, 11) is 1.98. The lowest BCUT2D eigenvalue weighted by Crippen LogP contribution is -2.17. The summed E-state index contributed by atoms with van der Waals surface area (Å²) < 4.78 is 0. The molecule has 3 aromatic rings. The number of hydrogen-bond acceptors (Lipinski definition) is 3. The minimum Gasteiger partial charge on any atom is -0.307 e. The third kappa shape index (κ3) is 3.04. The highest BCUT2D eigenvalue weighted by Crippen LogP contribution is 2.27. The van der Waals surface area contributed by atoms with Crippen molar-refractivity contribution in [3.05, 3.63) is 76.2 Å². The van der Waals surface area contributed by atoms with E-state index in [4.69, 9.17) is 0 Å². The molecule has 0 aliphatic rings. The van der Waals surface area contributed by atoms with Gasteiger partial charge in [0.15, 0.2) is 0 Å². The van der Waals surface area contributed by atoms with Crippen molar-refractivity contribution in [2.24, 2.45) is 0 Å². The highest BCUT2D eigenvalue weighted by atomic mass is 32.1. The Morgan fingerprint density at radius 1 is 0.952 bits per heavy atom. The van der Waals surface area contributed by atoms with E-state index in [2.05, 4.69) is 64.2 Å². The Labute approximate surface area is 129 Å². The monoisotopic (exact) mass is 294 g/mol. The summed E-state index contributed by atoms with van der Waals surface area (Å²) in [6.07, 6.45) is 0. The van der Waals surface area contributed by atoms with Crippen molar-refractivity contribution in [3.8, 4) is 11.1 Å². The van der Waals surface area contributed by atoms with E-state index in [0.717, 1.165) is 10.7 Å². The van der Waals surface area contributed by atoms with Gasteiger partial charge in [0, 0.05) is 11.1 Å². The zero-order chi connectivity index (χ0) is 14.7. The second kappa shape index (κ2) is 6.20. The van der Waals surface area contributed by atoms with Gasteiger partial charge >= 0.3 is 0 Å². The van der Waals surface area contributed by atoms with Crippen LogP contribution < -0.4 is 5.32 Å². The molecule has 0 amide bonds. The zero-order valence-corrected chi connectivity index (χ0v) is 13.0. The summed E-state index contributed by atoms with van der Waals surface area (Å²) in [4.78, 5) is 4.59. The summed E-state index contributed by atoms with van der Waals surface area (Å²) in [5.74, 6) is 0. The first-order valence-corrected chi connectivity index (χ1v) is 7.90. The number of rotatable bonds is 4. The predicted molar refractivity (Wildman–Crippen MR) is 89.6 cm³/mol. The van der Waals surface area contributed by atoms with Crippen molar-refractivity contribution < 1.29 is 0 Å². The molecule has 3 heteroatoms. The molecule has 0 spiro atoms. The van der Waals surface area contributed by atoms with Gasteiger partial charge in [-0.05, 0) is 30.7 Å². The standard InChI is InChI=1S/C18H18N2S/c1-13-12-21-18(20-13)17(19-2)16-10-8-15(9-11-16)14-6-4-3-5-7-14/h3-12,17,19H,1-2H3. The lowest BCUT2D eigenvalue weighted by molar-refractivity contribution is 0.685. The van der Waals surface area contributed by atoms with Gasteiger partial charge in [-0.1, -0.05) is 54.6 Å². The van der Waals surface area contributed by atoms with E-state index in [1.165, 1.54) is 16.7 Å². The highest BCUT2D eigenvalue weighted by molar-refractivity contribution is 7.09. The van der Waals surface area contributed by atoms with Crippen molar-refractivity contribution in [2.75, 3.05) is 7.05 Å². The quantitative estimate of drug-likeness (QED) is 0.770. The summed E-state index contributed by atoms with van der Waals surface area (Å²) in [5.41, 5.74) is 4.81. The van der Waals surface area contributed by atoms with Crippen molar-refractivity contribution >= 4 is 11.3 Å². The van der Waals surface area contributed by atoms with E-state index < -0.39 is 0 Å². The molecule has 0 radical (unpaired) electrons. The molecule has 1 unspecified atom stereocenters. The topological polar surface area (TPSA) is 24.9 Å². The van der Waals surface area contributed by atoms with Crippen LogP contribution in [0.4, 0.5) is 0 Å². The van der Waals surface area contributed by atoms with E-state index in [9.17, 15) is 0 Å². The van der Waals surface area contributed by atoms with Crippen molar-refractivity contribution in [1.82, 2.24) is 10.3 Å². The van der Waals surface area contributed by atoms with Gasteiger partial charge in [0.2, 0.25) is 0 Å². The van der Waals surface area contributed by atoms with E-state index >= 15 is 0 Å². The summed E-state index contributed by atoms with van der Waals surface area (Å²) >= 11 is 1.70. The molecule has 0 bridgehead atoms. The Bertz CT molecular complexity index is 702. The SMILES string of the molecule is CNC(c1ccc(-c2ccccc2)cc1)c1nc(C)cs1. The molecule has 3 rings (SSSR count). The lowest BCUT2D eigenvalue weighted by atomic mass is 10.0. The Balaban J connectivity index is 1.89. The average Bonchev–Trinajstić information content (AvgIpc) is 2.96.